The van der Waals surface area contributed by atoms with Crippen LogP contribution in [0.4, 0.5) is 5.69 Å². The zero-order chi connectivity index (χ0) is 19.0. The lowest BCUT2D eigenvalue weighted by Crippen LogP contribution is -2.43. The monoisotopic (exact) mass is 433 g/mol. The maximum absolute atomic E-state index is 11.6. The summed E-state index contributed by atoms with van der Waals surface area (Å²) in [6.45, 7) is 2.23. The molecule has 7 nitrogen and oxygen atoms in total. The minimum absolute atomic E-state index is 0.200. The summed E-state index contributed by atoms with van der Waals surface area (Å²) in [5.74, 6) is 1.28. The molecule has 2 aliphatic heterocycles. The first-order valence-electron chi connectivity index (χ1n) is 9.36. The number of nitrogens with one attached hydrogen (secondary N) is 1. The Balaban J connectivity index is 1.52. The molecule has 0 radical (unpaired) electrons. The minimum Gasteiger partial charge on any atom is -0.326 e. The van der Waals surface area contributed by atoms with Gasteiger partial charge in [0.15, 0.2) is 12.5 Å². The van der Waals surface area contributed by atoms with Gasteiger partial charge in [-0.25, -0.2) is 0 Å². The third-order valence-electron chi connectivity index (χ3n) is 5.90. The zero-order valence-corrected chi connectivity index (χ0v) is 16.7. The van der Waals surface area contributed by atoms with E-state index in [2.05, 4.69) is 31.4 Å². The second-order valence-electron chi connectivity index (χ2n) is 7.61. The summed E-state index contributed by atoms with van der Waals surface area (Å²) in [6, 6.07) is 5.90. The first kappa shape index (κ1) is 18.6. The molecule has 2 fully saturated rings. The number of hydrazone groups is 1. The smallest absolute Gasteiger partial charge is 0.177 e. The van der Waals surface area contributed by atoms with Crippen LogP contribution >= 0.6 is 15.9 Å². The topological polar surface area (TPSA) is 91.0 Å². The van der Waals surface area contributed by atoms with Gasteiger partial charge in [-0.1, -0.05) is 15.9 Å². The standard InChI is InChI=1S/C19H24BrN5O2/c20-15-1-2-16(14(8-15)9-21)25-17(22-23-18(25)11-26)7-13-3-6-24(10-13)19(12-27)4-5-19/h1-2,8,11-13,18,23H,3-7,9-10,21H2/t13-,18?/m0/s1. The number of nitrogens with zero attached hydrogens (tertiary/aromatic N) is 3. The summed E-state index contributed by atoms with van der Waals surface area (Å²) in [4.78, 5) is 27.3. The lowest BCUT2D eigenvalue weighted by molar-refractivity contribution is -0.113. The van der Waals surface area contributed by atoms with Gasteiger partial charge in [-0.3, -0.25) is 20.0 Å². The molecule has 144 valence electrons. The van der Waals surface area contributed by atoms with E-state index < -0.39 is 6.17 Å². The van der Waals surface area contributed by atoms with E-state index in [1.807, 2.05) is 23.1 Å². The normalized spacial score (nSPS) is 26.6. The Bertz CT molecular complexity index is 779. The van der Waals surface area contributed by atoms with Crippen LogP contribution in [0.15, 0.2) is 27.8 Å². The van der Waals surface area contributed by atoms with Crippen LogP contribution in [0.2, 0.25) is 0 Å². The Kier molecular flexibility index (Phi) is 5.05. The van der Waals surface area contributed by atoms with Gasteiger partial charge in [0.1, 0.15) is 12.1 Å². The molecule has 8 heteroatoms. The summed E-state index contributed by atoms with van der Waals surface area (Å²) in [7, 11) is 0. The van der Waals surface area contributed by atoms with Crippen molar-refractivity contribution in [2.24, 2.45) is 16.8 Å². The van der Waals surface area contributed by atoms with Crippen molar-refractivity contribution in [2.45, 2.75) is 43.9 Å². The van der Waals surface area contributed by atoms with E-state index in [9.17, 15) is 9.59 Å². The van der Waals surface area contributed by atoms with Gasteiger partial charge in [0.05, 0.1) is 5.54 Å². The predicted molar refractivity (Wildman–Crippen MR) is 107 cm³/mol. The molecule has 1 unspecified atom stereocenters. The molecule has 1 aromatic rings. The molecule has 2 atom stereocenters. The number of hydrogen-bond acceptors (Lipinski definition) is 7. The number of rotatable bonds is 7. The number of aldehydes is 2. The second kappa shape index (κ2) is 7.33. The van der Waals surface area contributed by atoms with Gasteiger partial charge >= 0.3 is 0 Å². The van der Waals surface area contributed by atoms with E-state index in [4.69, 9.17) is 5.73 Å². The molecule has 0 bridgehead atoms. The average molecular weight is 434 g/mol. The number of anilines is 1. The fourth-order valence-corrected chi connectivity index (χ4v) is 4.60. The molecule has 0 spiro atoms. The maximum Gasteiger partial charge on any atom is 0.177 e. The second-order valence-corrected chi connectivity index (χ2v) is 8.53. The van der Waals surface area contributed by atoms with Crippen molar-refractivity contribution in [3.8, 4) is 0 Å². The first-order chi connectivity index (χ1) is 13.1. The zero-order valence-electron chi connectivity index (χ0n) is 15.1. The highest BCUT2D eigenvalue weighted by Gasteiger charge is 2.50. The molecule has 1 saturated heterocycles. The quantitative estimate of drug-likeness (QED) is 0.634. The van der Waals surface area contributed by atoms with E-state index in [0.717, 1.165) is 72.9 Å². The fraction of sp³-hybridized carbons (Fsp3) is 0.526. The first-order valence-corrected chi connectivity index (χ1v) is 10.2. The Morgan fingerprint density at radius 3 is 2.85 bits per heavy atom. The Morgan fingerprint density at radius 1 is 1.37 bits per heavy atom. The molecular weight excluding hydrogens is 410 g/mol. The van der Waals surface area contributed by atoms with Gasteiger partial charge in [-0.15, -0.1) is 0 Å². The molecule has 27 heavy (non-hydrogen) atoms. The predicted octanol–water partition coefficient (Wildman–Crippen LogP) is 1.60. The summed E-state index contributed by atoms with van der Waals surface area (Å²) >= 11 is 3.48. The Labute approximate surface area is 167 Å². The number of carbonyl (C=O) groups excluding carboxylic acids is 2. The summed E-state index contributed by atoms with van der Waals surface area (Å²) in [5, 5.41) is 4.45. The van der Waals surface area contributed by atoms with Crippen LogP contribution in [0, 0.1) is 5.92 Å². The Morgan fingerprint density at radius 2 is 2.19 bits per heavy atom. The highest BCUT2D eigenvalue weighted by molar-refractivity contribution is 9.10. The van der Waals surface area contributed by atoms with Crippen LogP contribution < -0.4 is 16.1 Å². The van der Waals surface area contributed by atoms with Crippen molar-refractivity contribution in [3.63, 3.8) is 0 Å². The van der Waals surface area contributed by atoms with Gasteiger partial charge in [-0.05, 0) is 55.5 Å². The van der Waals surface area contributed by atoms with Crippen LogP contribution in [0.25, 0.3) is 0 Å². The van der Waals surface area contributed by atoms with Gasteiger partial charge in [-0.2, -0.15) is 5.10 Å². The van der Waals surface area contributed by atoms with Crippen molar-refractivity contribution in [1.29, 1.82) is 0 Å². The molecule has 1 saturated carbocycles. The number of nitrogens with two attached hydrogens (primary N) is 1. The number of carbonyl (C=O) groups is 2. The van der Waals surface area contributed by atoms with Crippen LogP contribution in [0.1, 0.15) is 31.2 Å². The number of hydrogen-bond donors (Lipinski definition) is 2. The van der Waals surface area contributed by atoms with Crippen LogP contribution in [0.3, 0.4) is 0 Å². The molecule has 0 aromatic heterocycles. The van der Waals surface area contributed by atoms with Crippen LogP contribution in [0.5, 0.6) is 0 Å². The van der Waals surface area contributed by atoms with E-state index in [-0.39, 0.29) is 5.54 Å². The minimum atomic E-state index is -0.520. The van der Waals surface area contributed by atoms with E-state index in [1.54, 1.807) is 0 Å². The van der Waals surface area contributed by atoms with Crippen molar-refractivity contribution in [2.75, 3.05) is 18.0 Å². The molecule has 1 aliphatic carbocycles. The summed E-state index contributed by atoms with van der Waals surface area (Å²) in [6.07, 6.45) is 5.22. The number of benzene rings is 1. The third kappa shape index (κ3) is 3.41. The lowest BCUT2D eigenvalue weighted by Gasteiger charge is -2.27. The van der Waals surface area contributed by atoms with Gasteiger partial charge in [0, 0.05) is 29.7 Å². The maximum atomic E-state index is 11.6. The highest BCUT2D eigenvalue weighted by Crippen LogP contribution is 2.43. The average Bonchev–Trinajstić information content (AvgIpc) is 3.17. The molecular formula is C19H24BrN5O2. The SMILES string of the molecule is NCc1cc(Br)ccc1N1C(C[C@@H]2CCN(C3(C=O)CC3)C2)=NNC1C=O. The van der Waals surface area contributed by atoms with Crippen molar-refractivity contribution >= 4 is 40.0 Å². The van der Waals surface area contributed by atoms with E-state index >= 15 is 0 Å². The third-order valence-corrected chi connectivity index (χ3v) is 6.39. The van der Waals surface area contributed by atoms with Gasteiger partial charge in [0.25, 0.3) is 0 Å². The highest BCUT2D eigenvalue weighted by atomic mass is 79.9. The van der Waals surface area contributed by atoms with Crippen molar-refractivity contribution in [1.82, 2.24) is 10.3 Å². The molecule has 3 aliphatic rings. The summed E-state index contributed by atoms with van der Waals surface area (Å²) in [5.41, 5.74) is 10.5. The molecule has 1 aromatic carbocycles. The van der Waals surface area contributed by atoms with E-state index in [1.165, 1.54) is 0 Å². The van der Waals surface area contributed by atoms with Gasteiger partial charge < -0.3 is 10.5 Å². The molecule has 3 N–H and O–H groups in total. The largest absolute Gasteiger partial charge is 0.326 e. The molecule has 0 amide bonds. The summed E-state index contributed by atoms with van der Waals surface area (Å²) < 4.78 is 0.954. The number of halogens is 1. The van der Waals surface area contributed by atoms with E-state index in [0.29, 0.717) is 12.5 Å². The molecule has 4 rings (SSSR count). The molecule has 2 heterocycles. The fourth-order valence-electron chi connectivity index (χ4n) is 4.19. The Hall–Kier alpha value is -1.77. The number of likely N-dealkylation sites (tertiary alicyclic amines) is 1. The number of amidine groups is 1. The van der Waals surface area contributed by atoms with Crippen molar-refractivity contribution < 1.29 is 9.59 Å². The lowest BCUT2D eigenvalue weighted by atomic mass is 10.0. The van der Waals surface area contributed by atoms with Crippen molar-refractivity contribution in [3.05, 3.63) is 28.2 Å². The van der Waals surface area contributed by atoms with Gasteiger partial charge in [0.2, 0.25) is 0 Å². The van der Waals surface area contributed by atoms with Crippen LogP contribution in [-0.4, -0.2) is 48.1 Å². The van der Waals surface area contributed by atoms with Crippen LogP contribution in [-0.2, 0) is 16.1 Å².